The van der Waals surface area contributed by atoms with E-state index >= 15 is 0 Å². The third-order valence-electron chi connectivity index (χ3n) is 12.6. The molecule has 0 aliphatic rings. The molecule has 0 saturated carbocycles. The van der Waals surface area contributed by atoms with Gasteiger partial charge in [0, 0.05) is 54.7 Å². The molecule has 9 aromatic carbocycles. The summed E-state index contributed by atoms with van der Waals surface area (Å²) in [6, 6.07) is 73.2. The van der Waals surface area contributed by atoms with Crippen LogP contribution in [0, 0.1) is 11.3 Å². The van der Waals surface area contributed by atoms with Crippen molar-refractivity contribution in [1.29, 1.82) is 5.26 Å². The molecule has 7 heteroatoms. The second kappa shape index (κ2) is 14.5. The van der Waals surface area contributed by atoms with Crippen LogP contribution in [0.5, 0.6) is 0 Å². The molecule has 13 aromatic rings. The lowest BCUT2D eigenvalue weighted by atomic mass is 10.0. The van der Waals surface area contributed by atoms with E-state index in [0.29, 0.717) is 23.0 Å². The molecule has 0 atom stereocenters. The number of hydrogen-bond donors (Lipinski definition) is 0. The van der Waals surface area contributed by atoms with Crippen molar-refractivity contribution >= 4 is 65.6 Å². The Balaban J connectivity index is 1.01. The summed E-state index contributed by atoms with van der Waals surface area (Å²) in [5.74, 6) is 1.60. The monoisotopic (exact) mass is 830 g/mol. The first-order valence-corrected chi connectivity index (χ1v) is 21.6. The number of rotatable bonds is 6. The van der Waals surface area contributed by atoms with Crippen LogP contribution in [0.25, 0.3) is 122 Å². The highest BCUT2D eigenvalue weighted by molar-refractivity contribution is 6.26. The first-order valence-electron chi connectivity index (χ1n) is 21.6. The molecule has 0 aliphatic heterocycles. The van der Waals surface area contributed by atoms with E-state index in [1.54, 1.807) is 0 Å². The molecule has 0 N–H and O–H groups in total. The van der Waals surface area contributed by atoms with Crippen molar-refractivity contribution in [2.24, 2.45) is 0 Å². The SMILES string of the molecule is N#Cc1cc(-c2nc(-c3ccccc3)nc(-c3ccc(-c4ccccc4)cc3)n2)ccc1-n1c2ccccc2c2ccc3c(c4ccccc4n3-c3ccc4oc5ccccc5c4c3)c21. The highest BCUT2D eigenvalue weighted by Crippen LogP contribution is 2.43. The van der Waals surface area contributed by atoms with Crippen LogP contribution in [-0.4, -0.2) is 24.1 Å². The Hall–Kier alpha value is -9.12. The maximum atomic E-state index is 11.1. The maximum Gasteiger partial charge on any atom is 0.164 e. The molecule has 0 radical (unpaired) electrons. The van der Waals surface area contributed by atoms with Crippen molar-refractivity contribution in [1.82, 2.24) is 24.1 Å². The van der Waals surface area contributed by atoms with Crippen molar-refractivity contribution < 1.29 is 4.42 Å². The van der Waals surface area contributed by atoms with Gasteiger partial charge >= 0.3 is 0 Å². The van der Waals surface area contributed by atoms with Gasteiger partial charge < -0.3 is 13.6 Å². The zero-order valence-corrected chi connectivity index (χ0v) is 34.7. The minimum atomic E-state index is 0.485. The summed E-state index contributed by atoms with van der Waals surface area (Å²) in [4.78, 5) is 15.1. The standard InChI is InChI=1S/C58H34N6O/c59-35-41-33-40(58-61-56(38-15-5-2-6-16-38)60-57(62-58)39-25-23-37(24-26-39)36-13-3-1-4-14-36)27-30-48(41)64-49-20-10-7-17-43(49)45-29-31-51-54(55(45)64)46-19-8-11-21-50(46)63(51)42-28-32-53-47(34-42)44-18-9-12-22-52(44)65-53/h1-34H. The highest BCUT2D eigenvalue weighted by atomic mass is 16.3. The minimum Gasteiger partial charge on any atom is -0.456 e. The van der Waals surface area contributed by atoms with Crippen molar-refractivity contribution in [3.8, 4) is 62.7 Å². The fourth-order valence-corrected chi connectivity index (χ4v) is 9.64. The third-order valence-corrected chi connectivity index (χ3v) is 12.6. The molecular weight excluding hydrogens is 797 g/mol. The Morgan fingerprint density at radius 3 is 1.68 bits per heavy atom. The van der Waals surface area contributed by atoms with Crippen LogP contribution < -0.4 is 0 Å². The topological polar surface area (TPSA) is 85.5 Å². The van der Waals surface area contributed by atoms with Gasteiger partial charge in [-0.05, 0) is 71.8 Å². The van der Waals surface area contributed by atoms with Crippen LogP contribution in [0.15, 0.2) is 211 Å². The van der Waals surface area contributed by atoms with Crippen molar-refractivity contribution in [2.75, 3.05) is 0 Å². The van der Waals surface area contributed by atoms with Crippen LogP contribution in [0.1, 0.15) is 5.56 Å². The van der Waals surface area contributed by atoms with E-state index in [-0.39, 0.29) is 0 Å². The zero-order chi connectivity index (χ0) is 43.0. The van der Waals surface area contributed by atoms with Gasteiger partial charge in [0.2, 0.25) is 0 Å². The van der Waals surface area contributed by atoms with Crippen LogP contribution in [-0.2, 0) is 0 Å². The number of nitrogens with zero attached hydrogens (tertiary/aromatic N) is 6. The van der Waals surface area contributed by atoms with E-state index < -0.39 is 0 Å². The summed E-state index contributed by atoms with van der Waals surface area (Å²) in [5.41, 5.74) is 12.9. The van der Waals surface area contributed by atoms with E-state index in [1.807, 2.05) is 78.9 Å². The Morgan fingerprint density at radius 2 is 0.938 bits per heavy atom. The van der Waals surface area contributed by atoms with Crippen molar-refractivity contribution in [2.45, 2.75) is 0 Å². The fraction of sp³-hybridized carbons (Fsp3) is 0. The second-order valence-corrected chi connectivity index (χ2v) is 16.3. The van der Waals surface area contributed by atoms with Gasteiger partial charge in [-0.25, -0.2) is 15.0 Å². The molecule has 4 aromatic heterocycles. The summed E-state index contributed by atoms with van der Waals surface area (Å²) < 4.78 is 10.8. The zero-order valence-electron chi connectivity index (χ0n) is 34.7. The Labute approximate surface area is 372 Å². The molecule has 0 amide bonds. The van der Waals surface area contributed by atoms with E-state index in [1.165, 1.54) is 0 Å². The van der Waals surface area contributed by atoms with E-state index in [4.69, 9.17) is 19.4 Å². The smallest absolute Gasteiger partial charge is 0.164 e. The van der Waals surface area contributed by atoms with Crippen LogP contribution in [0.3, 0.4) is 0 Å². The molecule has 0 saturated heterocycles. The first kappa shape index (κ1) is 36.5. The predicted molar refractivity (Wildman–Crippen MR) is 262 cm³/mol. The molecule has 0 bridgehead atoms. The molecule has 0 aliphatic carbocycles. The van der Waals surface area contributed by atoms with E-state index in [2.05, 4.69) is 143 Å². The lowest BCUT2D eigenvalue weighted by Gasteiger charge is -2.13. The maximum absolute atomic E-state index is 11.1. The molecule has 302 valence electrons. The second-order valence-electron chi connectivity index (χ2n) is 16.3. The van der Waals surface area contributed by atoms with Gasteiger partial charge in [0.15, 0.2) is 17.5 Å². The van der Waals surface area contributed by atoms with Gasteiger partial charge in [-0.3, -0.25) is 0 Å². The number of aromatic nitrogens is 5. The van der Waals surface area contributed by atoms with Gasteiger partial charge in [-0.1, -0.05) is 146 Å². The number of fused-ring (bicyclic) bond motifs is 10. The number of furan rings is 1. The van der Waals surface area contributed by atoms with Gasteiger partial charge in [-0.15, -0.1) is 0 Å². The van der Waals surface area contributed by atoms with E-state index in [0.717, 1.165) is 105 Å². The Kier molecular flexibility index (Phi) is 8.14. The first-order chi connectivity index (χ1) is 32.2. The minimum absolute atomic E-state index is 0.485. The number of hydrogen-bond acceptors (Lipinski definition) is 5. The summed E-state index contributed by atoms with van der Waals surface area (Å²) in [7, 11) is 0. The largest absolute Gasteiger partial charge is 0.456 e. The number of benzene rings is 9. The van der Waals surface area contributed by atoms with E-state index in [9.17, 15) is 5.26 Å². The van der Waals surface area contributed by atoms with Gasteiger partial charge in [0.1, 0.15) is 17.2 Å². The Bertz CT molecular complexity index is 4060. The third kappa shape index (κ3) is 5.78. The normalized spacial score (nSPS) is 11.7. The van der Waals surface area contributed by atoms with Gasteiger partial charge in [-0.2, -0.15) is 5.26 Å². The molecule has 13 rings (SSSR count). The fourth-order valence-electron chi connectivity index (χ4n) is 9.64. The van der Waals surface area contributed by atoms with Crippen molar-refractivity contribution in [3.05, 3.63) is 212 Å². The number of nitriles is 1. The summed E-state index contributed by atoms with van der Waals surface area (Å²) in [5, 5.41) is 17.7. The van der Waals surface area contributed by atoms with Crippen LogP contribution >= 0.6 is 0 Å². The molecule has 4 heterocycles. The average Bonchev–Trinajstić information content (AvgIpc) is 4.04. The molecule has 7 nitrogen and oxygen atoms in total. The molecule has 65 heavy (non-hydrogen) atoms. The lowest BCUT2D eigenvalue weighted by molar-refractivity contribution is 0.669. The molecular formula is C58H34N6O. The molecule has 0 unspecified atom stereocenters. The number of para-hydroxylation sites is 3. The molecule has 0 spiro atoms. The highest BCUT2D eigenvalue weighted by Gasteiger charge is 2.23. The summed E-state index contributed by atoms with van der Waals surface area (Å²) >= 11 is 0. The summed E-state index contributed by atoms with van der Waals surface area (Å²) in [6.07, 6.45) is 0. The van der Waals surface area contributed by atoms with Crippen LogP contribution in [0.4, 0.5) is 0 Å². The lowest BCUT2D eigenvalue weighted by Crippen LogP contribution is -2.02. The van der Waals surface area contributed by atoms with Gasteiger partial charge in [0.25, 0.3) is 0 Å². The molecule has 0 fully saturated rings. The predicted octanol–water partition coefficient (Wildman–Crippen LogP) is 14.5. The summed E-state index contributed by atoms with van der Waals surface area (Å²) in [6.45, 7) is 0. The van der Waals surface area contributed by atoms with Crippen LogP contribution in [0.2, 0.25) is 0 Å². The van der Waals surface area contributed by atoms with Crippen molar-refractivity contribution in [3.63, 3.8) is 0 Å². The quantitative estimate of drug-likeness (QED) is 0.167. The average molecular weight is 831 g/mol. The Morgan fingerprint density at radius 1 is 0.385 bits per heavy atom. The van der Waals surface area contributed by atoms with Gasteiger partial charge in [0.05, 0.1) is 33.3 Å².